The number of halogens is 1. The molecule has 1 heterocycles. The van der Waals surface area contributed by atoms with Gasteiger partial charge in [0.2, 0.25) is 0 Å². The molecule has 1 saturated heterocycles. The smallest absolute Gasteiger partial charge is 0.123 e. The van der Waals surface area contributed by atoms with E-state index >= 15 is 0 Å². The summed E-state index contributed by atoms with van der Waals surface area (Å²) >= 11 is 1.75. The summed E-state index contributed by atoms with van der Waals surface area (Å²) in [5.41, 5.74) is 1.00. The number of methoxy groups -OCH3 is 1. The minimum Gasteiger partial charge on any atom is -0.383 e. The van der Waals surface area contributed by atoms with Crippen molar-refractivity contribution in [1.82, 2.24) is 5.32 Å². The van der Waals surface area contributed by atoms with Gasteiger partial charge >= 0.3 is 0 Å². The van der Waals surface area contributed by atoms with Crippen molar-refractivity contribution in [3.8, 4) is 0 Å². The molecule has 0 aliphatic carbocycles. The summed E-state index contributed by atoms with van der Waals surface area (Å²) in [6.45, 7) is 2.96. The Kier molecular flexibility index (Phi) is 6.79. The van der Waals surface area contributed by atoms with Gasteiger partial charge in [0.25, 0.3) is 0 Å². The monoisotopic (exact) mass is 299 g/mol. The Balaban J connectivity index is 1.88. The molecule has 1 aliphatic rings. The molecular formula is C15H22FNO2S. The topological polar surface area (TPSA) is 30.5 Å². The molecule has 2 rings (SSSR count). The van der Waals surface area contributed by atoms with Crippen LogP contribution in [0.25, 0.3) is 0 Å². The average Bonchev–Trinajstić information content (AvgIpc) is 2.96. The van der Waals surface area contributed by atoms with Gasteiger partial charge in [-0.3, -0.25) is 0 Å². The van der Waals surface area contributed by atoms with E-state index in [0.29, 0.717) is 19.3 Å². The van der Waals surface area contributed by atoms with Crippen LogP contribution < -0.4 is 5.32 Å². The molecule has 0 aromatic heterocycles. The van der Waals surface area contributed by atoms with Crippen LogP contribution in [-0.2, 0) is 16.0 Å². The standard InChI is InChI=1S/C15H22FNO2S/c1-18-8-6-17-10-12-9-13(16)4-5-15(12)20-11-14-3-2-7-19-14/h4-5,9,14,17H,2-3,6-8,10-11H2,1H3. The summed E-state index contributed by atoms with van der Waals surface area (Å²) in [5, 5.41) is 3.26. The lowest BCUT2D eigenvalue weighted by Crippen LogP contribution is -2.19. The third kappa shape index (κ3) is 5.05. The summed E-state index contributed by atoms with van der Waals surface area (Å²) in [4.78, 5) is 1.13. The second-order valence-electron chi connectivity index (χ2n) is 4.87. The minimum atomic E-state index is -0.185. The third-order valence-corrected chi connectivity index (χ3v) is 4.52. The van der Waals surface area contributed by atoms with E-state index in [1.165, 1.54) is 6.07 Å². The van der Waals surface area contributed by atoms with Crippen molar-refractivity contribution in [3.05, 3.63) is 29.6 Å². The molecule has 0 spiro atoms. The molecule has 0 amide bonds. The quantitative estimate of drug-likeness (QED) is 0.591. The second kappa shape index (κ2) is 8.62. The highest BCUT2D eigenvalue weighted by Gasteiger charge is 2.16. The normalized spacial score (nSPS) is 18.6. The Hall–Kier alpha value is -0.620. The first kappa shape index (κ1) is 15.8. The summed E-state index contributed by atoms with van der Waals surface area (Å²) < 4.78 is 24.0. The zero-order valence-corrected chi connectivity index (χ0v) is 12.7. The molecule has 1 unspecified atom stereocenters. The summed E-state index contributed by atoms with van der Waals surface area (Å²) in [5.74, 6) is 0.756. The Morgan fingerprint density at radius 3 is 3.15 bits per heavy atom. The number of hydrogen-bond acceptors (Lipinski definition) is 4. The predicted octanol–water partition coefficient (Wildman–Crippen LogP) is 2.83. The number of rotatable bonds is 8. The van der Waals surface area contributed by atoms with Crippen LogP contribution in [0.4, 0.5) is 4.39 Å². The first-order valence-corrected chi connectivity index (χ1v) is 8.00. The van der Waals surface area contributed by atoms with Crippen molar-refractivity contribution in [3.63, 3.8) is 0 Å². The van der Waals surface area contributed by atoms with Crippen LogP contribution in [0.3, 0.4) is 0 Å². The molecule has 20 heavy (non-hydrogen) atoms. The molecule has 1 fully saturated rings. The predicted molar refractivity (Wildman–Crippen MR) is 79.7 cm³/mol. The van der Waals surface area contributed by atoms with E-state index in [1.54, 1.807) is 24.9 Å². The van der Waals surface area contributed by atoms with E-state index in [0.717, 1.165) is 42.2 Å². The van der Waals surface area contributed by atoms with Crippen LogP contribution >= 0.6 is 11.8 Å². The molecule has 1 aromatic carbocycles. The number of benzene rings is 1. The average molecular weight is 299 g/mol. The van der Waals surface area contributed by atoms with E-state index in [2.05, 4.69) is 5.32 Å². The summed E-state index contributed by atoms with van der Waals surface area (Å²) in [6, 6.07) is 5.00. The first-order chi connectivity index (χ1) is 9.79. The largest absolute Gasteiger partial charge is 0.383 e. The molecule has 1 atom stereocenters. The lowest BCUT2D eigenvalue weighted by Gasteiger charge is -2.13. The van der Waals surface area contributed by atoms with E-state index in [1.807, 2.05) is 6.07 Å². The molecule has 0 radical (unpaired) electrons. The van der Waals surface area contributed by atoms with Crippen LogP contribution in [-0.4, -0.2) is 38.7 Å². The van der Waals surface area contributed by atoms with E-state index < -0.39 is 0 Å². The van der Waals surface area contributed by atoms with Gasteiger partial charge in [-0.25, -0.2) is 4.39 Å². The van der Waals surface area contributed by atoms with Crippen molar-refractivity contribution in [2.45, 2.75) is 30.4 Å². The van der Waals surface area contributed by atoms with Crippen molar-refractivity contribution in [1.29, 1.82) is 0 Å². The fourth-order valence-corrected chi connectivity index (χ4v) is 3.29. The van der Waals surface area contributed by atoms with E-state index in [4.69, 9.17) is 9.47 Å². The zero-order valence-electron chi connectivity index (χ0n) is 11.9. The molecule has 3 nitrogen and oxygen atoms in total. The van der Waals surface area contributed by atoms with Crippen molar-refractivity contribution >= 4 is 11.8 Å². The number of ether oxygens (including phenoxy) is 2. The highest BCUT2D eigenvalue weighted by atomic mass is 32.2. The van der Waals surface area contributed by atoms with Crippen molar-refractivity contribution in [2.75, 3.05) is 32.6 Å². The van der Waals surface area contributed by atoms with Gasteiger partial charge in [0, 0.05) is 37.5 Å². The summed E-state index contributed by atoms with van der Waals surface area (Å²) in [6.07, 6.45) is 2.63. The van der Waals surface area contributed by atoms with Crippen LogP contribution in [0.2, 0.25) is 0 Å². The highest BCUT2D eigenvalue weighted by molar-refractivity contribution is 7.99. The summed E-state index contributed by atoms with van der Waals surface area (Å²) in [7, 11) is 1.67. The minimum absolute atomic E-state index is 0.185. The first-order valence-electron chi connectivity index (χ1n) is 7.02. The van der Waals surface area contributed by atoms with Gasteiger partial charge in [0.1, 0.15) is 5.82 Å². The fourth-order valence-electron chi connectivity index (χ4n) is 2.18. The Bertz CT molecular complexity index is 411. The van der Waals surface area contributed by atoms with Gasteiger partial charge in [-0.15, -0.1) is 11.8 Å². The van der Waals surface area contributed by atoms with Crippen LogP contribution in [0, 0.1) is 5.82 Å². The molecule has 112 valence electrons. The van der Waals surface area contributed by atoms with Crippen LogP contribution in [0.5, 0.6) is 0 Å². The molecule has 1 N–H and O–H groups in total. The maximum atomic E-state index is 13.4. The maximum absolute atomic E-state index is 13.4. The van der Waals surface area contributed by atoms with Gasteiger partial charge < -0.3 is 14.8 Å². The van der Waals surface area contributed by atoms with Crippen LogP contribution in [0.15, 0.2) is 23.1 Å². The van der Waals surface area contributed by atoms with Crippen molar-refractivity contribution < 1.29 is 13.9 Å². The van der Waals surface area contributed by atoms with E-state index in [9.17, 15) is 4.39 Å². The zero-order chi connectivity index (χ0) is 14.2. The SMILES string of the molecule is COCCNCc1cc(F)ccc1SCC1CCCO1. The Labute approximate surface area is 124 Å². The maximum Gasteiger partial charge on any atom is 0.123 e. The third-order valence-electron chi connectivity index (χ3n) is 3.27. The van der Waals surface area contributed by atoms with Gasteiger partial charge in [0.05, 0.1) is 12.7 Å². The molecule has 1 aliphatic heterocycles. The fraction of sp³-hybridized carbons (Fsp3) is 0.600. The lowest BCUT2D eigenvalue weighted by molar-refractivity contribution is 0.129. The van der Waals surface area contributed by atoms with Gasteiger partial charge in [0.15, 0.2) is 0 Å². The number of thioether (sulfide) groups is 1. The number of nitrogens with one attached hydrogen (secondary N) is 1. The Morgan fingerprint density at radius 1 is 1.50 bits per heavy atom. The van der Waals surface area contributed by atoms with Crippen LogP contribution in [0.1, 0.15) is 18.4 Å². The highest BCUT2D eigenvalue weighted by Crippen LogP contribution is 2.27. The van der Waals surface area contributed by atoms with Gasteiger partial charge in [-0.1, -0.05) is 0 Å². The molecule has 0 bridgehead atoms. The molecule has 5 heteroatoms. The number of hydrogen-bond donors (Lipinski definition) is 1. The second-order valence-corrected chi connectivity index (χ2v) is 5.93. The molecule has 0 saturated carbocycles. The lowest BCUT2D eigenvalue weighted by atomic mass is 10.2. The Morgan fingerprint density at radius 2 is 2.40 bits per heavy atom. The van der Waals surface area contributed by atoms with Crippen molar-refractivity contribution in [2.24, 2.45) is 0 Å². The van der Waals surface area contributed by atoms with Gasteiger partial charge in [-0.2, -0.15) is 0 Å². The van der Waals surface area contributed by atoms with E-state index in [-0.39, 0.29) is 5.82 Å². The molecular weight excluding hydrogens is 277 g/mol. The molecule has 1 aromatic rings. The van der Waals surface area contributed by atoms with Gasteiger partial charge in [-0.05, 0) is 36.6 Å².